The maximum Gasteiger partial charge on any atom is 0.315 e. The number of carbonyl (C=O) groups is 1. The van der Waals surface area contributed by atoms with Gasteiger partial charge in [-0.3, -0.25) is 0 Å². The molecule has 6 heteroatoms. The molecule has 0 aliphatic heterocycles. The van der Waals surface area contributed by atoms with Gasteiger partial charge in [0.15, 0.2) is 9.84 Å². The molecule has 2 N–H and O–H groups in total. The molecule has 1 aliphatic rings. The van der Waals surface area contributed by atoms with Crippen molar-refractivity contribution < 1.29 is 13.2 Å². The summed E-state index contributed by atoms with van der Waals surface area (Å²) < 4.78 is 24.1. The average molecular weight is 324 g/mol. The standard InChI is InChI=1S/C16H24N2O3S/c1-13-7-9-14(10-8-13)18-16(19)17-11-12-22(20,21)15-5-3-2-4-6-15/h2-6,13-14H,7-12H2,1H3,(H2,17,18,19). The Kier molecular flexibility index (Phi) is 5.83. The van der Waals surface area contributed by atoms with Crippen molar-refractivity contribution in [1.29, 1.82) is 0 Å². The van der Waals surface area contributed by atoms with Crippen LogP contribution < -0.4 is 10.6 Å². The third-order valence-corrected chi connectivity index (χ3v) is 5.84. The number of amides is 2. The quantitative estimate of drug-likeness (QED) is 0.873. The minimum atomic E-state index is -3.34. The number of nitrogens with one attached hydrogen (secondary N) is 2. The molecular weight excluding hydrogens is 300 g/mol. The number of benzene rings is 1. The number of urea groups is 1. The molecule has 1 aromatic rings. The summed E-state index contributed by atoms with van der Waals surface area (Å²) in [5, 5.41) is 5.56. The van der Waals surface area contributed by atoms with E-state index in [0.717, 1.165) is 31.6 Å². The van der Waals surface area contributed by atoms with E-state index < -0.39 is 9.84 Å². The van der Waals surface area contributed by atoms with Gasteiger partial charge >= 0.3 is 6.03 Å². The Morgan fingerprint density at radius 2 is 1.77 bits per heavy atom. The van der Waals surface area contributed by atoms with Crippen LogP contribution in [0, 0.1) is 5.92 Å². The van der Waals surface area contributed by atoms with Gasteiger partial charge in [-0.2, -0.15) is 0 Å². The normalized spacial score (nSPS) is 22.0. The van der Waals surface area contributed by atoms with Gasteiger partial charge in [-0.25, -0.2) is 13.2 Å². The van der Waals surface area contributed by atoms with Crippen molar-refractivity contribution in [3.05, 3.63) is 30.3 Å². The predicted molar refractivity (Wildman–Crippen MR) is 86.4 cm³/mol. The van der Waals surface area contributed by atoms with E-state index >= 15 is 0 Å². The van der Waals surface area contributed by atoms with Crippen LogP contribution in [0.3, 0.4) is 0 Å². The molecule has 122 valence electrons. The molecule has 0 unspecified atom stereocenters. The van der Waals surface area contributed by atoms with Crippen LogP contribution in [0.25, 0.3) is 0 Å². The van der Waals surface area contributed by atoms with Crippen LogP contribution in [0.5, 0.6) is 0 Å². The van der Waals surface area contributed by atoms with Crippen LogP contribution in [0.4, 0.5) is 4.79 Å². The van der Waals surface area contributed by atoms with Crippen molar-refractivity contribution in [2.75, 3.05) is 12.3 Å². The Hall–Kier alpha value is -1.56. The molecule has 2 rings (SSSR count). The molecule has 5 nitrogen and oxygen atoms in total. The van der Waals surface area contributed by atoms with E-state index in [0.29, 0.717) is 4.90 Å². The summed E-state index contributed by atoms with van der Waals surface area (Å²) in [4.78, 5) is 12.1. The molecule has 2 amide bonds. The van der Waals surface area contributed by atoms with E-state index in [4.69, 9.17) is 0 Å². The molecule has 1 aromatic carbocycles. The molecule has 0 atom stereocenters. The van der Waals surface area contributed by atoms with Crippen LogP contribution in [-0.2, 0) is 9.84 Å². The summed E-state index contributed by atoms with van der Waals surface area (Å²) in [6.07, 6.45) is 4.26. The summed E-state index contributed by atoms with van der Waals surface area (Å²) >= 11 is 0. The van der Waals surface area contributed by atoms with Gasteiger partial charge in [0.25, 0.3) is 0 Å². The first-order valence-corrected chi connectivity index (χ1v) is 9.45. The predicted octanol–water partition coefficient (Wildman–Crippen LogP) is 2.34. The summed E-state index contributed by atoms with van der Waals surface area (Å²) in [5.41, 5.74) is 0. The fraction of sp³-hybridized carbons (Fsp3) is 0.562. The second-order valence-electron chi connectivity index (χ2n) is 5.99. The maximum absolute atomic E-state index is 12.1. The Labute approximate surface area is 132 Å². The minimum absolute atomic E-state index is 0.0911. The second-order valence-corrected chi connectivity index (χ2v) is 8.10. The van der Waals surface area contributed by atoms with Crippen LogP contribution in [0.2, 0.25) is 0 Å². The van der Waals surface area contributed by atoms with Crippen LogP contribution in [-0.4, -0.2) is 32.8 Å². The van der Waals surface area contributed by atoms with E-state index in [-0.39, 0.29) is 24.4 Å². The monoisotopic (exact) mass is 324 g/mol. The van der Waals surface area contributed by atoms with Gasteiger partial charge < -0.3 is 10.6 Å². The molecule has 0 heterocycles. The van der Waals surface area contributed by atoms with Gasteiger partial charge in [-0.05, 0) is 43.7 Å². The lowest BCUT2D eigenvalue weighted by molar-refractivity contribution is 0.229. The lowest BCUT2D eigenvalue weighted by Gasteiger charge is -2.26. The molecule has 0 aromatic heterocycles. The first kappa shape index (κ1) is 16.8. The van der Waals surface area contributed by atoms with Gasteiger partial charge in [0.05, 0.1) is 10.6 Å². The molecule has 1 fully saturated rings. The van der Waals surface area contributed by atoms with Gasteiger partial charge in [0.2, 0.25) is 0 Å². The van der Waals surface area contributed by atoms with E-state index in [9.17, 15) is 13.2 Å². The van der Waals surface area contributed by atoms with E-state index in [2.05, 4.69) is 17.6 Å². The largest absolute Gasteiger partial charge is 0.337 e. The molecule has 1 saturated carbocycles. The lowest BCUT2D eigenvalue weighted by atomic mass is 9.87. The van der Waals surface area contributed by atoms with Crippen molar-refractivity contribution >= 4 is 15.9 Å². The summed E-state index contributed by atoms with van der Waals surface area (Å²) in [6.45, 7) is 2.34. The average Bonchev–Trinajstić information content (AvgIpc) is 2.50. The number of rotatable bonds is 5. The Morgan fingerprint density at radius 3 is 2.41 bits per heavy atom. The van der Waals surface area contributed by atoms with Crippen LogP contribution in [0.1, 0.15) is 32.6 Å². The molecule has 1 aliphatic carbocycles. The zero-order valence-electron chi connectivity index (χ0n) is 12.9. The second kappa shape index (κ2) is 7.63. The molecule has 0 spiro atoms. The van der Waals surface area contributed by atoms with Crippen molar-refractivity contribution in [3.63, 3.8) is 0 Å². The van der Waals surface area contributed by atoms with E-state index in [1.807, 2.05) is 0 Å². The van der Waals surface area contributed by atoms with E-state index in [1.54, 1.807) is 30.3 Å². The SMILES string of the molecule is CC1CCC(NC(=O)NCCS(=O)(=O)c2ccccc2)CC1. The van der Waals surface area contributed by atoms with Gasteiger partial charge in [0.1, 0.15) is 0 Å². The third kappa shape index (κ3) is 5.02. The number of carbonyl (C=O) groups excluding carboxylic acids is 1. The first-order valence-electron chi connectivity index (χ1n) is 7.79. The fourth-order valence-electron chi connectivity index (χ4n) is 2.69. The highest BCUT2D eigenvalue weighted by atomic mass is 32.2. The van der Waals surface area contributed by atoms with Crippen molar-refractivity contribution in [3.8, 4) is 0 Å². The summed E-state index contributed by atoms with van der Waals surface area (Å²) in [7, 11) is -3.34. The van der Waals surface area contributed by atoms with Crippen LogP contribution >= 0.6 is 0 Å². The molecular formula is C16H24N2O3S. The summed E-state index contributed by atoms with van der Waals surface area (Å²) in [6, 6.07) is 8.23. The minimum Gasteiger partial charge on any atom is -0.337 e. The number of hydrogen-bond acceptors (Lipinski definition) is 3. The van der Waals surface area contributed by atoms with Gasteiger partial charge in [0, 0.05) is 12.6 Å². The van der Waals surface area contributed by atoms with Crippen molar-refractivity contribution in [1.82, 2.24) is 10.6 Å². The van der Waals surface area contributed by atoms with Crippen molar-refractivity contribution in [2.24, 2.45) is 5.92 Å². The maximum atomic E-state index is 12.1. The third-order valence-electron chi connectivity index (χ3n) is 4.11. The zero-order chi connectivity index (χ0) is 16.0. The van der Waals surface area contributed by atoms with E-state index in [1.165, 1.54) is 0 Å². The topological polar surface area (TPSA) is 75.3 Å². The first-order chi connectivity index (χ1) is 10.5. The molecule has 0 saturated heterocycles. The van der Waals surface area contributed by atoms with Crippen molar-refractivity contribution in [2.45, 2.75) is 43.5 Å². The Balaban J connectivity index is 1.73. The Bertz CT molecular complexity index is 579. The lowest BCUT2D eigenvalue weighted by Crippen LogP contribution is -2.44. The molecule has 0 bridgehead atoms. The highest BCUT2D eigenvalue weighted by Gasteiger charge is 2.20. The molecule has 0 radical (unpaired) electrons. The van der Waals surface area contributed by atoms with Gasteiger partial charge in [-0.15, -0.1) is 0 Å². The number of sulfone groups is 1. The summed E-state index contributed by atoms with van der Waals surface area (Å²) in [5.74, 6) is 0.642. The Morgan fingerprint density at radius 1 is 1.14 bits per heavy atom. The molecule has 22 heavy (non-hydrogen) atoms. The van der Waals surface area contributed by atoms with Gasteiger partial charge in [-0.1, -0.05) is 25.1 Å². The highest BCUT2D eigenvalue weighted by Crippen LogP contribution is 2.23. The fourth-order valence-corrected chi connectivity index (χ4v) is 3.86. The van der Waals surface area contributed by atoms with Crippen LogP contribution in [0.15, 0.2) is 35.2 Å². The smallest absolute Gasteiger partial charge is 0.315 e. The zero-order valence-corrected chi connectivity index (χ0v) is 13.7. The highest BCUT2D eigenvalue weighted by molar-refractivity contribution is 7.91. The number of hydrogen-bond donors (Lipinski definition) is 2.